The molecule has 0 aliphatic heterocycles. The second-order valence-corrected chi connectivity index (χ2v) is 4.53. The van der Waals surface area contributed by atoms with Gasteiger partial charge in [0.1, 0.15) is 18.0 Å². The minimum Gasteiger partial charge on any atom is -0.475 e. The van der Waals surface area contributed by atoms with Crippen molar-refractivity contribution in [3.8, 4) is 5.88 Å². The fourth-order valence-corrected chi connectivity index (χ4v) is 1.81. The van der Waals surface area contributed by atoms with Crippen molar-refractivity contribution in [2.45, 2.75) is 12.4 Å². The van der Waals surface area contributed by atoms with Crippen LogP contribution in [0, 0.1) is 0 Å². The summed E-state index contributed by atoms with van der Waals surface area (Å²) in [5, 5.41) is 2.38. The molecule has 2 heterocycles. The Morgan fingerprint density at radius 2 is 1.46 bits per heavy atom. The minimum atomic E-state index is -4.64. The maximum Gasteiger partial charge on any atom is 0.421 e. The minimum absolute atomic E-state index is 0.187. The first-order valence-corrected chi connectivity index (χ1v) is 6.60. The van der Waals surface area contributed by atoms with Crippen LogP contribution in [0.2, 0.25) is 0 Å². The molecule has 0 aliphatic carbocycles. The Hall–Kier alpha value is -2.52. The molecule has 2 aromatic heterocycles. The van der Waals surface area contributed by atoms with E-state index < -0.39 is 35.2 Å². The summed E-state index contributed by atoms with van der Waals surface area (Å²) in [6.45, 7) is -0.512. The fourth-order valence-electron chi connectivity index (χ4n) is 1.81. The van der Waals surface area contributed by atoms with Crippen molar-refractivity contribution in [2.75, 3.05) is 18.5 Å². The molecule has 0 aliphatic rings. The van der Waals surface area contributed by atoms with Crippen molar-refractivity contribution < 1.29 is 31.1 Å². The molecule has 0 amide bonds. The van der Waals surface area contributed by atoms with Gasteiger partial charge in [-0.15, -0.1) is 0 Å². The highest BCUT2D eigenvalue weighted by atomic mass is 19.4. The maximum atomic E-state index is 12.8. The summed E-state index contributed by atoms with van der Waals surface area (Å²) in [6, 6.07) is 3.89. The second-order valence-electron chi connectivity index (χ2n) is 4.53. The predicted molar refractivity (Wildman–Crippen MR) is 72.5 cm³/mol. The van der Waals surface area contributed by atoms with Crippen LogP contribution in [0.4, 0.5) is 32.2 Å². The van der Waals surface area contributed by atoms with E-state index in [0.29, 0.717) is 0 Å². The van der Waals surface area contributed by atoms with Crippen molar-refractivity contribution in [1.29, 1.82) is 0 Å². The third-order valence-electron chi connectivity index (χ3n) is 2.82. The number of hydrogen-bond acceptors (Lipinski definition) is 4. The molecule has 2 rings (SSSR count). The summed E-state index contributed by atoms with van der Waals surface area (Å²) >= 11 is 0. The Bertz CT molecular complexity index is 627. The number of nitrogens with one attached hydrogen (secondary N) is 1. The molecule has 0 fully saturated rings. The summed E-state index contributed by atoms with van der Waals surface area (Å²) in [5.41, 5.74) is -2.03. The molecule has 2 aromatic rings. The average molecular weight is 351 g/mol. The topological polar surface area (TPSA) is 47.0 Å². The Morgan fingerprint density at radius 1 is 0.875 bits per heavy atom. The van der Waals surface area contributed by atoms with Gasteiger partial charge in [-0.3, -0.25) is 0 Å². The van der Waals surface area contributed by atoms with Crippen LogP contribution < -0.4 is 10.1 Å². The number of nitrogens with zero attached hydrogens (tertiary/aromatic N) is 2. The number of rotatable bonds is 5. The molecule has 0 saturated carbocycles. The number of pyridine rings is 2. The number of hydrogen-bond donors (Lipinski definition) is 1. The number of ether oxygens (including phenoxy) is 1. The fraction of sp³-hybridized carbons (Fsp3) is 0.286. The maximum absolute atomic E-state index is 12.8. The third-order valence-corrected chi connectivity index (χ3v) is 2.82. The molecule has 1 N–H and O–H groups in total. The summed E-state index contributed by atoms with van der Waals surface area (Å²) in [4.78, 5) is 7.05. The zero-order valence-corrected chi connectivity index (χ0v) is 11.9. The number of halogens is 6. The summed E-state index contributed by atoms with van der Waals surface area (Å²) in [7, 11) is 0. The standard InChI is InChI=1S/C14H11F6N3O/c15-13(16,17)9-3-1-5-21-11(9)22-7-8-24-12-10(14(18,19)20)4-2-6-23-12/h1-6H,7-8H2,(H,21,22). The number of anilines is 1. The summed E-state index contributed by atoms with van der Waals surface area (Å²) < 4.78 is 81.4. The highest BCUT2D eigenvalue weighted by Crippen LogP contribution is 2.35. The molecule has 24 heavy (non-hydrogen) atoms. The first kappa shape index (κ1) is 17.8. The Labute approximate surface area is 132 Å². The molecular weight excluding hydrogens is 340 g/mol. The predicted octanol–water partition coefficient (Wildman–Crippen LogP) is 4.01. The first-order chi connectivity index (χ1) is 11.2. The lowest BCUT2D eigenvalue weighted by Gasteiger charge is -2.14. The highest BCUT2D eigenvalue weighted by Gasteiger charge is 2.35. The highest BCUT2D eigenvalue weighted by molar-refractivity contribution is 5.45. The quantitative estimate of drug-likeness (QED) is 0.653. The van der Waals surface area contributed by atoms with E-state index >= 15 is 0 Å². The van der Waals surface area contributed by atoms with Crippen LogP contribution in [0.1, 0.15) is 11.1 Å². The van der Waals surface area contributed by atoms with Crippen molar-refractivity contribution in [2.24, 2.45) is 0 Å². The summed E-state index contributed by atoms with van der Waals surface area (Å²) in [6.07, 6.45) is -6.94. The molecule has 0 unspecified atom stereocenters. The first-order valence-electron chi connectivity index (χ1n) is 6.60. The van der Waals surface area contributed by atoms with Gasteiger partial charge in [-0.25, -0.2) is 9.97 Å². The van der Waals surface area contributed by atoms with E-state index in [1.807, 2.05) is 0 Å². The van der Waals surface area contributed by atoms with Crippen molar-refractivity contribution >= 4 is 5.82 Å². The van der Waals surface area contributed by atoms with E-state index in [1.54, 1.807) is 0 Å². The third kappa shape index (κ3) is 4.49. The molecule has 0 atom stereocenters. The van der Waals surface area contributed by atoms with Crippen molar-refractivity contribution in [3.63, 3.8) is 0 Å². The average Bonchev–Trinajstić information content (AvgIpc) is 2.50. The van der Waals surface area contributed by atoms with Crippen LogP contribution >= 0.6 is 0 Å². The zero-order chi connectivity index (χ0) is 17.8. The van der Waals surface area contributed by atoms with Gasteiger partial charge >= 0.3 is 12.4 Å². The second kappa shape index (κ2) is 6.93. The van der Waals surface area contributed by atoms with Gasteiger partial charge in [-0.2, -0.15) is 26.3 Å². The number of alkyl halides is 6. The number of aromatic nitrogens is 2. The molecular formula is C14H11F6N3O. The van der Waals surface area contributed by atoms with Crippen LogP contribution in [-0.4, -0.2) is 23.1 Å². The zero-order valence-electron chi connectivity index (χ0n) is 11.9. The van der Waals surface area contributed by atoms with Gasteiger partial charge in [0.05, 0.1) is 12.1 Å². The van der Waals surface area contributed by atoms with Crippen LogP contribution in [0.15, 0.2) is 36.7 Å². The molecule has 4 nitrogen and oxygen atoms in total. The lowest BCUT2D eigenvalue weighted by Crippen LogP contribution is -2.18. The van der Waals surface area contributed by atoms with Crippen molar-refractivity contribution in [1.82, 2.24) is 9.97 Å². The van der Waals surface area contributed by atoms with Gasteiger partial charge in [0, 0.05) is 12.4 Å². The van der Waals surface area contributed by atoms with Gasteiger partial charge in [-0.1, -0.05) is 0 Å². The van der Waals surface area contributed by atoms with Gasteiger partial charge < -0.3 is 10.1 Å². The SMILES string of the molecule is FC(F)(F)c1cccnc1NCCOc1ncccc1C(F)(F)F. The van der Waals surface area contributed by atoms with E-state index in [4.69, 9.17) is 4.74 Å². The molecule has 0 saturated heterocycles. The van der Waals surface area contributed by atoms with E-state index in [2.05, 4.69) is 15.3 Å². The smallest absolute Gasteiger partial charge is 0.421 e. The molecule has 10 heteroatoms. The van der Waals surface area contributed by atoms with Crippen LogP contribution in [0.3, 0.4) is 0 Å². The van der Waals surface area contributed by atoms with Crippen LogP contribution in [-0.2, 0) is 12.4 Å². The van der Waals surface area contributed by atoms with Gasteiger partial charge in [-0.05, 0) is 24.3 Å². The van der Waals surface area contributed by atoms with E-state index in [1.165, 1.54) is 6.20 Å². The Kier molecular flexibility index (Phi) is 5.15. The Morgan fingerprint density at radius 3 is 2.08 bits per heavy atom. The van der Waals surface area contributed by atoms with Crippen LogP contribution in [0.5, 0.6) is 5.88 Å². The van der Waals surface area contributed by atoms with Crippen LogP contribution in [0.25, 0.3) is 0 Å². The molecule has 0 aromatic carbocycles. The normalized spacial score (nSPS) is 12.1. The lowest BCUT2D eigenvalue weighted by molar-refractivity contribution is -0.139. The van der Waals surface area contributed by atoms with E-state index in [9.17, 15) is 26.3 Å². The molecule has 0 spiro atoms. The van der Waals surface area contributed by atoms with Gasteiger partial charge in [0.25, 0.3) is 0 Å². The van der Waals surface area contributed by atoms with E-state index in [0.717, 1.165) is 30.5 Å². The Balaban J connectivity index is 1.98. The monoisotopic (exact) mass is 351 g/mol. The molecule has 130 valence electrons. The van der Waals surface area contributed by atoms with Gasteiger partial charge in [0.2, 0.25) is 5.88 Å². The van der Waals surface area contributed by atoms with Gasteiger partial charge in [0.15, 0.2) is 0 Å². The lowest BCUT2D eigenvalue weighted by atomic mass is 10.2. The van der Waals surface area contributed by atoms with E-state index in [-0.39, 0.29) is 13.2 Å². The van der Waals surface area contributed by atoms with Crippen molar-refractivity contribution in [3.05, 3.63) is 47.8 Å². The summed E-state index contributed by atoms with van der Waals surface area (Å²) in [5.74, 6) is -1.06. The molecule has 0 radical (unpaired) electrons. The molecule has 0 bridgehead atoms. The largest absolute Gasteiger partial charge is 0.475 e.